The number of aromatic nitrogens is 2. The summed E-state index contributed by atoms with van der Waals surface area (Å²) in [6, 6.07) is 6.20. The fraction of sp³-hybridized carbons (Fsp3) is 0.188. The Morgan fingerprint density at radius 2 is 2.00 bits per heavy atom. The molecule has 0 aliphatic rings. The molecule has 2 heterocycles. The minimum absolute atomic E-state index is 0.0307. The van der Waals surface area contributed by atoms with Gasteiger partial charge in [0.05, 0.1) is 5.52 Å². The number of pyridine rings is 1. The lowest BCUT2D eigenvalue weighted by molar-refractivity contribution is -0.189. The Morgan fingerprint density at radius 1 is 1.26 bits per heavy atom. The Kier molecular flexibility index (Phi) is 4.94. The number of nitrogens with zero attached hydrogens (tertiary/aromatic N) is 2. The molecule has 1 aromatic carbocycles. The minimum atomic E-state index is -5.21. The van der Waals surface area contributed by atoms with E-state index in [1.165, 1.54) is 25.4 Å². The van der Waals surface area contributed by atoms with Crippen LogP contribution < -0.4 is 10.2 Å². The second-order valence-corrected chi connectivity index (χ2v) is 5.80. The van der Waals surface area contributed by atoms with Crippen LogP contribution in [0.3, 0.4) is 0 Å². The van der Waals surface area contributed by atoms with Gasteiger partial charge in [0.25, 0.3) is 5.91 Å². The molecule has 27 heavy (non-hydrogen) atoms. The molecule has 0 bridgehead atoms. The van der Waals surface area contributed by atoms with Crippen LogP contribution in [0.25, 0.3) is 21.8 Å². The lowest BCUT2D eigenvalue weighted by Crippen LogP contribution is -2.29. The Balaban J connectivity index is 2.24. The minimum Gasteiger partial charge on any atom is -0.398 e. The van der Waals surface area contributed by atoms with E-state index in [9.17, 15) is 22.8 Å². The number of esters is 1. The van der Waals surface area contributed by atoms with Crippen LogP contribution in [0.1, 0.15) is 0 Å². The molecule has 0 aliphatic heterocycles. The molecular formula is C16H11ClF3N3O4. The van der Waals surface area contributed by atoms with Crippen molar-refractivity contribution in [1.29, 1.82) is 0 Å². The molecule has 1 N–H and O–H groups in total. The zero-order valence-electron chi connectivity index (χ0n) is 13.6. The quantitative estimate of drug-likeness (QED) is 0.679. The van der Waals surface area contributed by atoms with Gasteiger partial charge in [0.15, 0.2) is 0 Å². The zero-order valence-corrected chi connectivity index (χ0v) is 14.4. The summed E-state index contributed by atoms with van der Waals surface area (Å²) >= 11 is 6.00. The number of rotatable bonds is 4. The summed E-state index contributed by atoms with van der Waals surface area (Å²) in [4.78, 5) is 26.9. The zero-order chi connectivity index (χ0) is 19.8. The van der Waals surface area contributed by atoms with Gasteiger partial charge in [-0.25, -0.2) is 14.5 Å². The fourth-order valence-electron chi connectivity index (χ4n) is 2.53. The number of nitrogens with one attached hydrogen (secondary N) is 1. The third-order valence-corrected chi connectivity index (χ3v) is 3.77. The first-order chi connectivity index (χ1) is 12.7. The van der Waals surface area contributed by atoms with Crippen molar-refractivity contribution in [3.8, 4) is 5.88 Å². The van der Waals surface area contributed by atoms with Gasteiger partial charge in [-0.1, -0.05) is 17.7 Å². The van der Waals surface area contributed by atoms with Crippen molar-refractivity contribution < 1.29 is 32.2 Å². The number of ether oxygens (including phenoxy) is 2. The van der Waals surface area contributed by atoms with Crippen molar-refractivity contribution in [2.24, 2.45) is 0 Å². The van der Waals surface area contributed by atoms with Crippen molar-refractivity contribution in [1.82, 2.24) is 9.66 Å². The number of hydrogen-bond acceptors (Lipinski definition) is 5. The Morgan fingerprint density at radius 3 is 2.67 bits per heavy atom. The molecule has 0 fully saturated rings. The number of hydrogen-bond donors (Lipinski definition) is 1. The van der Waals surface area contributed by atoms with Crippen LogP contribution in [0, 0.1) is 0 Å². The highest BCUT2D eigenvalue weighted by atomic mass is 35.5. The Hall–Kier alpha value is -2.85. The van der Waals surface area contributed by atoms with E-state index in [0.29, 0.717) is 21.3 Å². The maximum atomic E-state index is 12.6. The molecule has 0 saturated heterocycles. The summed E-state index contributed by atoms with van der Waals surface area (Å²) in [5.41, 5.74) is 2.81. The molecule has 3 rings (SSSR count). The van der Waals surface area contributed by atoms with Gasteiger partial charge in [0, 0.05) is 29.1 Å². The predicted molar refractivity (Wildman–Crippen MR) is 90.2 cm³/mol. The Bertz CT molecular complexity index is 1050. The molecule has 0 atom stereocenters. The number of fused-ring (bicyclic) bond motifs is 3. The van der Waals surface area contributed by atoms with E-state index in [4.69, 9.17) is 16.3 Å². The van der Waals surface area contributed by atoms with Crippen molar-refractivity contribution in [2.45, 2.75) is 6.18 Å². The third kappa shape index (κ3) is 3.67. The molecule has 3 aromatic rings. The van der Waals surface area contributed by atoms with Crippen molar-refractivity contribution in [3.63, 3.8) is 0 Å². The summed E-state index contributed by atoms with van der Waals surface area (Å²) in [5, 5.41) is 1.28. The summed E-state index contributed by atoms with van der Waals surface area (Å²) in [5.74, 6) is -3.63. The summed E-state index contributed by atoms with van der Waals surface area (Å²) < 4.78 is 48.1. The topological polar surface area (TPSA) is 82.4 Å². The lowest BCUT2D eigenvalue weighted by Gasteiger charge is -2.12. The van der Waals surface area contributed by atoms with E-state index in [1.54, 1.807) is 12.1 Å². The average molecular weight is 402 g/mol. The van der Waals surface area contributed by atoms with E-state index in [1.807, 2.05) is 0 Å². The molecule has 7 nitrogen and oxygen atoms in total. The number of carbonyl (C=O) groups is 2. The first kappa shape index (κ1) is 18.9. The molecule has 11 heteroatoms. The van der Waals surface area contributed by atoms with E-state index in [2.05, 4.69) is 15.1 Å². The van der Waals surface area contributed by atoms with Gasteiger partial charge in [-0.15, -0.1) is 0 Å². The SMILES string of the molecule is COCC(=O)Nn1c2cc(Cl)ccc2c2ccnc(OC(=O)C(F)(F)F)c21. The average Bonchev–Trinajstić information content (AvgIpc) is 2.88. The van der Waals surface area contributed by atoms with Crippen molar-refractivity contribution >= 4 is 45.3 Å². The summed E-state index contributed by atoms with van der Waals surface area (Å²) in [6.07, 6.45) is -4.01. The van der Waals surface area contributed by atoms with Crippen LogP contribution in [0.15, 0.2) is 30.5 Å². The second kappa shape index (κ2) is 7.05. The number of benzene rings is 1. The summed E-state index contributed by atoms with van der Waals surface area (Å²) in [7, 11) is 1.31. The maximum Gasteiger partial charge on any atom is 0.491 e. The van der Waals surface area contributed by atoms with Gasteiger partial charge in [0.1, 0.15) is 12.1 Å². The largest absolute Gasteiger partial charge is 0.491 e. The van der Waals surface area contributed by atoms with Gasteiger partial charge in [-0.3, -0.25) is 10.2 Å². The monoisotopic (exact) mass is 401 g/mol. The van der Waals surface area contributed by atoms with E-state index < -0.39 is 23.9 Å². The highest BCUT2D eigenvalue weighted by Crippen LogP contribution is 2.34. The molecule has 2 aromatic heterocycles. The van der Waals surface area contributed by atoms with Crippen LogP contribution in [0.4, 0.5) is 13.2 Å². The summed E-state index contributed by atoms with van der Waals surface area (Å²) in [6.45, 7) is -0.306. The standard InChI is InChI=1S/C16H11ClF3N3O4/c1-26-7-12(24)22-23-11-6-8(17)2-3-9(11)10-4-5-21-14(13(10)23)27-15(25)16(18,19)20/h2-6H,7H2,1H3,(H,22,24). The van der Waals surface area contributed by atoms with E-state index >= 15 is 0 Å². The fourth-order valence-corrected chi connectivity index (χ4v) is 2.70. The molecule has 0 saturated carbocycles. The van der Waals surface area contributed by atoms with Gasteiger partial charge in [-0.05, 0) is 18.2 Å². The van der Waals surface area contributed by atoms with Gasteiger partial charge >= 0.3 is 12.1 Å². The normalized spacial score (nSPS) is 11.7. The number of methoxy groups -OCH3 is 1. The third-order valence-electron chi connectivity index (χ3n) is 3.54. The molecular weight excluding hydrogens is 391 g/mol. The Labute approximate surface area is 154 Å². The van der Waals surface area contributed by atoms with Crippen molar-refractivity contribution in [2.75, 3.05) is 19.1 Å². The molecule has 0 spiro atoms. The number of alkyl halides is 3. The van der Waals surface area contributed by atoms with E-state index in [0.717, 1.165) is 4.68 Å². The molecule has 0 unspecified atom stereocenters. The van der Waals surface area contributed by atoms with Crippen LogP contribution in [0.2, 0.25) is 5.02 Å². The maximum absolute atomic E-state index is 12.6. The van der Waals surface area contributed by atoms with E-state index in [-0.39, 0.29) is 12.1 Å². The number of carbonyl (C=O) groups excluding carboxylic acids is 2. The molecule has 0 aliphatic carbocycles. The number of halogens is 4. The van der Waals surface area contributed by atoms with Crippen LogP contribution in [0.5, 0.6) is 5.88 Å². The number of amides is 1. The van der Waals surface area contributed by atoms with Crippen LogP contribution in [-0.2, 0) is 14.3 Å². The van der Waals surface area contributed by atoms with Gasteiger partial charge in [0.2, 0.25) is 5.88 Å². The molecule has 142 valence electrons. The first-order valence-corrected chi connectivity index (χ1v) is 7.76. The van der Waals surface area contributed by atoms with Crippen LogP contribution >= 0.6 is 11.6 Å². The lowest BCUT2D eigenvalue weighted by atomic mass is 10.2. The highest BCUT2D eigenvalue weighted by Gasteiger charge is 2.42. The van der Waals surface area contributed by atoms with Gasteiger partial charge in [-0.2, -0.15) is 13.2 Å². The predicted octanol–water partition coefficient (Wildman–Crippen LogP) is 3.03. The van der Waals surface area contributed by atoms with Crippen molar-refractivity contribution in [3.05, 3.63) is 35.5 Å². The first-order valence-electron chi connectivity index (χ1n) is 7.39. The van der Waals surface area contributed by atoms with Gasteiger partial charge < -0.3 is 9.47 Å². The molecule has 0 radical (unpaired) electrons. The molecule has 1 amide bonds. The second-order valence-electron chi connectivity index (χ2n) is 5.36. The highest BCUT2D eigenvalue weighted by molar-refractivity contribution is 6.31. The smallest absolute Gasteiger partial charge is 0.398 e. The van der Waals surface area contributed by atoms with Crippen LogP contribution in [-0.4, -0.2) is 41.4 Å².